The normalized spacial score (nSPS) is 45.1. The van der Waals surface area contributed by atoms with Gasteiger partial charge in [0, 0.05) is 40.9 Å². The largest absolute Gasteiger partial charge is 0.389 e. The molecule has 9 unspecified atom stereocenters. The Labute approximate surface area is 232 Å². The predicted molar refractivity (Wildman–Crippen MR) is 146 cm³/mol. The van der Waals surface area contributed by atoms with Crippen molar-refractivity contribution in [2.45, 2.75) is 152 Å². The molecule has 0 aromatic carbocycles. The molecule has 3 aliphatic carbocycles. The number of fused-ring (bicyclic) bond motifs is 3. The minimum atomic E-state index is -1.77. The maximum atomic E-state index is 14.1. The first-order valence-electron chi connectivity index (χ1n) is 14.5. The van der Waals surface area contributed by atoms with Gasteiger partial charge in [-0.25, -0.2) is 9.78 Å². The van der Waals surface area contributed by atoms with Crippen molar-refractivity contribution in [3.8, 4) is 0 Å². The highest BCUT2D eigenvalue weighted by Gasteiger charge is 2.61. The molecule has 0 spiro atoms. The Bertz CT molecular complexity index is 1000. The topological polar surface area (TPSA) is 129 Å². The van der Waals surface area contributed by atoms with Gasteiger partial charge in [0.1, 0.15) is 17.3 Å². The first kappa shape index (κ1) is 30.8. The molecule has 9 heteroatoms. The van der Waals surface area contributed by atoms with Crippen LogP contribution in [-0.4, -0.2) is 83.6 Å². The highest BCUT2D eigenvalue weighted by molar-refractivity contribution is 5.25. The molecular weight excluding hydrogens is 502 g/mol. The average Bonchev–Trinajstić information content (AvgIpc) is 2.82. The van der Waals surface area contributed by atoms with Crippen LogP contribution < -0.4 is 0 Å². The van der Waals surface area contributed by atoms with Gasteiger partial charge in [0.25, 0.3) is 0 Å². The van der Waals surface area contributed by atoms with Crippen molar-refractivity contribution < 1.29 is 39.7 Å². The second-order valence-electron chi connectivity index (χ2n) is 14.3. The summed E-state index contributed by atoms with van der Waals surface area (Å²) in [5.74, 6) is 0.0512. The summed E-state index contributed by atoms with van der Waals surface area (Å²) in [6.45, 7) is 18.9. The lowest BCUT2D eigenvalue weighted by Gasteiger charge is -2.56. The second-order valence-corrected chi connectivity index (χ2v) is 14.3. The molecular formula is C30H50NO8+. The van der Waals surface area contributed by atoms with E-state index in [1.807, 2.05) is 20.8 Å². The Morgan fingerprint density at radius 1 is 1.08 bits per heavy atom. The third-order valence-electron chi connectivity index (χ3n) is 10.5. The Balaban J connectivity index is 1.64. The molecule has 0 amide bonds. The standard InChI is InChI=1S/C30H50NO8/c1-17(2)29(35)14-21(31(36)23-12-20(26(6,7)33)13-24(32)28(23,9)34)19(5)22(15-29)37-25-16-30(18(3)4)11-10-27(25,8)38-39-30/h13,17-18,21-25,32-35H,5,10-12,14-16H2,1-4,6-9H3/q+1. The van der Waals surface area contributed by atoms with Gasteiger partial charge in [-0.3, -0.25) is 0 Å². The van der Waals surface area contributed by atoms with Crippen molar-refractivity contribution in [1.82, 2.24) is 0 Å². The highest BCUT2D eigenvalue weighted by atomic mass is 17.2. The molecule has 2 saturated heterocycles. The number of rotatable bonds is 7. The monoisotopic (exact) mass is 552 g/mol. The van der Waals surface area contributed by atoms with Gasteiger partial charge in [0.15, 0.2) is 5.60 Å². The number of hydrogen-bond acceptors (Lipinski definition) is 8. The molecule has 5 aliphatic rings. The molecule has 0 radical (unpaired) electrons. The number of ether oxygens (including phenoxy) is 1. The van der Waals surface area contributed by atoms with Crippen LogP contribution in [0.4, 0.5) is 0 Å². The van der Waals surface area contributed by atoms with E-state index >= 15 is 0 Å². The molecule has 2 heterocycles. The van der Waals surface area contributed by atoms with Crippen LogP contribution in [0.15, 0.2) is 23.8 Å². The molecule has 2 saturated carbocycles. The van der Waals surface area contributed by atoms with Gasteiger partial charge < -0.3 is 25.2 Å². The molecule has 0 aromatic heterocycles. The fourth-order valence-electron chi connectivity index (χ4n) is 6.75. The summed E-state index contributed by atoms with van der Waals surface area (Å²) in [6.07, 6.45) is 1.91. The Morgan fingerprint density at radius 3 is 2.23 bits per heavy atom. The van der Waals surface area contributed by atoms with E-state index in [1.54, 1.807) is 13.8 Å². The summed E-state index contributed by atoms with van der Waals surface area (Å²) in [7, 11) is 0. The van der Waals surface area contributed by atoms with Gasteiger partial charge in [-0.05, 0) is 57.9 Å². The van der Waals surface area contributed by atoms with E-state index in [9.17, 15) is 25.3 Å². The Hall–Kier alpha value is -1.20. The molecule has 4 N–H and O–H groups in total. The summed E-state index contributed by atoms with van der Waals surface area (Å²) in [4.78, 5) is 25.9. The van der Waals surface area contributed by atoms with Gasteiger partial charge in [-0.15, -0.1) is 0 Å². The first-order chi connectivity index (χ1) is 17.8. The predicted octanol–water partition coefficient (Wildman–Crippen LogP) is 3.51. The molecule has 39 heavy (non-hydrogen) atoms. The smallest absolute Gasteiger partial charge is 0.236 e. The van der Waals surface area contributed by atoms with E-state index in [0.717, 1.165) is 17.6 Å². The zero-order valence-corrected chi connectivity index (χ0v) is 24.9. The zero-order valence-electron chi connectivity index (χ0n) is 24.9. The van der Waals surface area contributed by atoms with E-state index in [4.69, 9.17) is 14.5 Å². The van der Waals surface area contributed by atoms with Crippen LogP contribution >= 0.6 is 0 Å². The average molecular weight is 553 g/mol. The molecule has 2 bridgehead atoms. The quantitative estimate of drug-likeness (QED) is 0.215. The van der Waals surface area contributed by atoms with Crippen LogP contribution in [0.2, 0.25) is 0 Å². The van der Waals surface area contributed by atoms with E-state index in [-0.39, 0.29) is 37.2 Å². The molecule has 0 aromatic rings. The van der Waals surface area contributed by atoms with Gasteiger partial charge >= 0.3 is 0 Å². The molecule has 4 fully saturated rings. The van der Waals surface area contributed by atoms with Gasteiger partial charge in [-0.1, -0.05) is 40.3 Å². The van der Waals surface area contributed by atoms with Crippen molar-refractivity contribution in [2.24, 2.45) is 11.8 Å². The summed E-state index contributed by atoms with van der Waals surface area (Å²) < 4.78 is 7.50. The third-order valence-corrected chi connectivity index (χ3v) is 10.5. The van der Waals surface area contributed by atoms with Crippen molar-refractivity contribution in [3.05, 3.63) is 28.7 Å². The summed E-state index contributed by atoms with van der Waals surface area (Å²) in [6, 6.07) is -1.94. The first-order valence-corrected chi connectivity index (χ1v) is 14.5. The second kappa shape index (κ2) is 9.96. The fraction of sp³-hybridized carbons (Fsp3) is 0.867. The molecule has 9 atom stereocenters. The van der Waals surface area contributed by atoms with Crippen molar-refractivity contribution in [3.63, 3.8) is 0 Å². The van der Waals surface area contributed by atoms with Gasteiger partial charge in [0.2, 0.25) is 12.1 Å². The Morgan fingerprint density at radius 2 is 1.72 bits per heavy atom. The van der Waals surface area contributed by atoms with E-state index in [2.05, 4.69) is 20.4 Å². The SMILES string of the molecule is C=C1C(OC2CC3(C(C)C)CCC2(C)OO3)CC(O)(C(C)C)CC1[N+](=O)C1CC(C(C)(C)O)=CC(O)C1(C)O. The fourth-order valence-corrected chi connectivity index (χ4v) is 6.75. The maximum absolute atomic E-state index is 14.1. The maximum Gasteiger partial charge on any atom is 0.236 e. The molecule has 9 nitrogen and oxygen atoms in total. The van der Waals surface area contributed by atoms with Crippen LogP contribution in [-0.2, 0) is 14.5 Å². The zero-order chi connectivity index (χ0) is 29.3. The van der Waals surface area contributed by atoms with Crippen LogP contribution in [0.25, 0.3) is 0 Å². The molecule has 222 valence electrons. The van der Waals surface area contributed by atoms with Crippen LogP contribution in [0, 0.1) is 16.7 Å². The van der Waals surface area contributed by atoms with Crippen molar-refractivity contribution in [2.75, 3.05) is 0 Å². The molecule has 5 rings (SSSR count). The van der Waals surface area contributed by atoms with Crippen LogP contribution in [0.1, 0.15) is 93.9 Å². The van der Waals surface area contributed by atoms with Gasteiger partial charge in [0.05, 0.1) is 23.4 Å². The number of nitrogens with zero attached hydrogens (tertiary/aromatic N) is 1. The summed E-state index contributed by atoms with van der Waals surface area (Å²) in [5.41, 5.74) is -4.35. The van der Waals surface area contributed by atoms with E-state index < -0.39 is 52.3 Å². The van der Waals surface area contributed by atoms with Gasteiger partial charge in [-0.2, -0.15) is 0 Å². The third kappa shape index (κ3) is 5.29. The minimum Gasteiger partial charge on any atom is -0.389 e. The van der Waals surface area contributed by atoms with Crippen molar-refractivity contribution in [1.29, 1.82) is 0 Å². The number of nitroso groups, excluding NO2 is 1. The Kier molecular flexibility index (Phi) is 7.86. The van der Waals surface area contributed by atoms with E-state index in [0.29, 0.717) is 17.6 Å². The van der Waals surface area contributed by atoms with Crippen LogP contribution in [0.5, 0.6) is 0 Å². The van der Waals surface area contributed by atoms with Crippen LogP contribution in [0.3, 0.4) is 0 Å². The lowest BCUT2D eigenvalue weighted by Crippen LogP contribution is -2.64. The highest BCUT2D eigenvalue weighted by Crippen LogP contribution is 2.52. The molecule has 2 aliphatic heterocycles. The number of hydrogen-bond donors (Lipinski definition) is 4. The lowest BCUT2D eigenvalue weighted by atomic mass is 9.68. The summed E-state index contributed by atoms with van der Waals surface area (Å²) >= 11 is 0. The summed E-state index contributed by atoms with van der Waals surface area (Å²) in [5, 5.41) is 44.4. The minimum absolute atomic E-state index is 0.0647. The lowest BCUT2D eigenvalue weighted by molar-refractivity contribution is -0.636. The van der Waals surface area contributed by atoms with E-state index in [1.165, 1.54) is 13.0 Å². The van der Waals surface area contributed by atoms with Crippen molar-refractivity contribution >= 4 is 0 Å². The number of aliphatic hydroxyl groups is 4. The number of aliphatic hydroxyl groups excluding tert-OH is 1.